The molecule has 0 heterocycles. The van der Waals surface area contributed by atoms with E-state index in [2.05, 4.69) is 12.2 Å². The second-order valence-corrected chi connectivity index (χ2v) is 9.09. The highest BCUT2D eigenvalue weighted by atomic mass is 19.2. The van der Waals surface area contributed by atoms with Crippen molar-refractivity contribution in [2.45, 2.75) is 71.1 Å². The molecule has 0 bridgehead atoms. The Morgan fingerprint density at radius 2 is 1.56 bits per heavy atom. The summed E-state index contributed by atoms with van der Waals surface area (Å²) in [6, 6.07) is 2.53. The summed E-state index contributed by atoms with van der Waals surface area (Å²) in [5.41, 5.74) is 0. The number of carbonyl (C=O) groups excluding carboxylic acids is 1. The molecule has 6 heteroatoms. The van der Waals surface area contributed by atoms with E-state index in [1.165, 1.54) is 37.8 Å². The van der Waals surface area contributed by atoms with Gasteiger partial charge in [-0.1, -0.05) is 12.2 Å². The molecule has 0 saturated heterocycles. The van der Waals surface area contributed by atoms with Gasteiger partial charge in [-0.2, -0.15) is 8.78 Å². The van der Waals surface area contributed by atoms with Crippen LogP contribution in [-0.2, 0) is 4.79 Å². The molecule has 1 aromatic carbocycles. The van der Waals surface area contributed by atoms with Crippen LogP contribution in [0.15, 0.2) is 24.3 Å². The number of alkyl halides is 1. The minimum atomic E-state index is -1.19. The van der Waals surface area contributed by atoms with Gasteiger partial charge in [-0.25, -0.2) is 0 Å². The van der Waals surface area contributed by atoms with E-state index in [4.69, 9.17) is 9.47 Å². The molecule has 3 nitrogen and oxygen atoms in total. The zero-order valence-corrected chi connectivity index (χ0v) is 19.0. The molecule has 0 unspecified atom stereocenters. The van der Waals surface area contributed by atoms with Crippen LogP contribution in [0, 0.1) is 35.3 Å². The zero-order chi connectivity index (χ0) is 22.9. The predicted octanol–water partition coefficient (Wildman–Crippen LogP) is 7.19. The van der Waals surface area contributed by atoms with Crippen LogP contribution in [0.25, 0.3) is 0 Å². The van der Waals surface area contributed by atoms with E-state index in [-0.39, 0.29) is 30.7 Å². The molecule has 0 amide bonds. The lowest BCUT2D eigenvalue weighted by Gasteiger charge is -2.36. The number of esters is 1. The van der Waals surface area contributed by atoms with Gasteiger partial charge in [-0.05, 0) is 101 Å². The lowest BCUT2D eigenvalue weighted by molar-refractivity contribution is -0.140. The number of halogens is 3. The first kappa shape index (κ1) is 24.7. The van der Waals surface area contributed by atoms with Gasteiger partial charge < -0.3 is 9.47 Å². The molecular weight excluding hydrogens is 417 g/mol. The number of ether oxygens (including phenoxy) is 2. The first-order valence-electron chi connectivity index (χ1n) is 12.1. The molecule has 2 aliphatic carbocycles. The molecule has 3 rings (SSSR count). The molecule has 178 valence electrons. The quantitative estimate of drug-likeness (QED) is 0.172. The average molecular weight is 453 g/mol. The Labute approximate surface area is 189 Å². The Hall–Kier alpha value is -1.98. The molecule has 2 fully saturated rings. The van der Waals surface area contributed by atoms with Gasteiger partial charge in [0.2, 0.25) is 11.6 Å². The van der Waals surface area contributed by atoms with E-state index in [0.717, 1.165) is 32.1 Å². The molecule has 0 radical (unpaired) electrons. The highest BCUT2D eigenvalue weighted by Crippen LogP contribution is 2.42. The van der Waals surface area contributed by atoms with E-state index in [9.17, 15) is 18.0 Å². The summed E-state index contributed by atoms with van der Waals surface area (Å²) in [6.07, 6.45) is 14.0. The van der Waals surface area contributed by atoms with Gasteiger partial charge in [0, 0.05) is 0 Å². The van der Waals surface area contributed by atoms with Crippen molar-refractivity contribution in [2.75, 3.05) is 13.3 Å². The van der Waals surface area contributed by atoms with Gasteiger partial charge in [-0.3, -0.25) is 9.18 Å². The van der Waals surface area contributed by atoms with Crippen LogP contribution in [0.5, 0.6) is 11.5 Å². The molecule has 2 aliphatic rings. The van der Waals surface area contributed by atoms with Crippen LogP contribution in [0.2, 0.25) is 0 Å². The average Bonchev–Trinajstić information content (AvgIpc) is 2.82. The summed E-state index contributed by atoms with van der Waals surface area (Å²) in [5, 5.41) is 0. The summed E-state index contributed by atoms with van der Waals surface area (Å²) in [4.78, 5) is 12.5. The number of hydrogen-bond acceptors (Lipinski definition) is 3. The Morgan fingerprint density at radius 3 is 2.19 bits per heavy atom. The number of hydrogen-bond donors (Lipinski definition) is 0. The molecule has 0 aromatic heterocycles. The number of benzene rings is 1. The van der Waals surface area contributed by atoms with E-state index < -0.39 is 17.6 Å². The Bertz CT molecular complexity index is 764. The van der Waals surface area contributed by atoms with Gasteiger partial charge in [0.15, 0.2) is 11.5 Å². The summed E-state index contributed by atoms with van der Waals surface area (Å²) in [6.45, 7) is 1.65. The van der Waals surface area contributed by atoms with Crippen LogP contribution in [-0.4, -0.2) is 19.3 Å². The second-order valence-electron chi connectivity index (χ2n) is 9.09. The molecule has 1 aromatic rings. The number of rotatable bonds is 9. The van der Waals surface area contributed by atoms with Gasteiger partial charge >= 0.3 is 5.97 Å². The van der Waals surface area contributed by atoms with Crippen molar-refractivity contribution in [3.05, 3.63) is 35.9 Å². The van der Waals surface area contributed by atoms with Crippen LogP contribution >= 0.6 is 0 Å². The highest BCUT2D eigenvalue weighted by molar-refractivity contribution is 5.75. The fourth-order valence-electron chi connectivity index (χ4n) is 5.17. The minimum Gasteiger partial charge on any atom is -0.491 e. The zero-order valence-electron chi connectivity index (χ0n) is 19.0. The minimum absolute atomic E-state index is 0.185. The van der Waals surface area contributed by atoms with Crippen molar-refractivity contribution in [2.24, 2.45) is 23.7 Å². The normalized spacial score (nSPS) is 26.2. The second kappa shape index (κ2) is 12.3. The molecule has 0 aliphatic heterocycles. The first-order chi connectivity index (χ1) is 15.5. The Balaban J connectivity index is 1.43. The van der Waals surface area contributed by atoms with Crippen molar-refractivity contribution in [1.82, 2.24) is 0 Å². The summed E-state index contributed by atoms with van der Waals surface area (Å²) in [7, 11) is 0. The maximum absolute atomic E-state index is 14.2. The molecule has 0 atom stereocenters. The van der Waals surface area contributed by atoms with E-state index in [1.54, 1.807) is 6.92 Å². The SMILES string of the molecule is CCOc1ccc(OC(=O)C2CCC(C3CCC(/C=C/CCCF)CC3)CC2)c(F)c1F. The molecular formula is C26H35F3O3. The van der Waals surface area contributed by atoms with Gasteiger partial charge in [0.05, 0.1) is 19.2 Å². The van der Waals surface area contributed by atoms with E-state index in [0.29, 0.717) is 24.2 Å². The first-order valence-corrected chi connectivity index (χ1v) is 12.1. The summed E-state index contributed by atoms with van der Waals surface area (Å²) < 4.78 is 50.6. The van der Waals surface area contributed by atoms with Crippen LogP contribution < -0.4 is 9.47 Å². The number of unbranched alkanes of at least 4 members (excludes halogenated alkanes) is 1. The Kier molecular flexibility index (Phi) is 9.49. The maximum Gasteiger partial charge on any atom is 0.314 e. The van der Waals surface area contributed by atoms with Crippen molar-refractivity contribution in [3.63, 3.8) is 0 Å². The largest absolute Gasteiger partial charge is 0.491 e. The van der Waals surface area contributed by atoms with E-state index in [1.807, 2.05) is 0 Å². The smallest absolute Gasteiger partial charge is 0.314 e. The molecule has 0 N–H and O–H groups in total. The maximum atomic E-state index is 14.2. The summed E-state index contributed by atoms with van der Waals surface area (Å²) >= 11 is 0. The van der Waals surface area contributed by atoms with Crippen molar-refractivity contribution < 1.29 is 27.4 Å². The third kappa shape index (κ3) is 6.52. The number of carbonyl (C=O) groups is 1. The number of allylic oxidation sites excluding steroid dienone is 2. The predicted molar refractivity (Wildman–Crippen MR) is 118 cm³/mol. The fraction of sp³-hybridized carbons (Fsp3) is 0.654. The lowest BCUT2D eigenvalue weighted by Crippen LogP contribution is -2.30. The van der Waals surface area contributed by atoms with Gasteiger partial charge in [0.1, 0.15) is 0 Å². The monoisotopic (exact) mass is 452 g/mol. The van der Waals surface area contributed by atoms with Crippen LogP contribution in [0.4, 0.5) is 13.2 Å². The van der Waals surface area contributed by atoms with Crippen molar-refractivity contribution in [1.29, 1.82) is 0 Å². The van der Waals surface area contributed by atoms with E-state index >= 15 is 0 Å². The van der Waals surface area contributed by atoms with Crippen molar-refractivity contribution >= 4 is 5.97 Å². The standard InChI is InChI=1S/C26H35F3O3/c1-2-31-22-15-16-23(25(29)24(22)28)32-26(30)21-13-11-20(12-14-21)19-9-7-18(8-10-19)6-4-3-5-17-27/h4,6,15-16,18-21H,2-3,5,7-14,17H2,1H3/b6-4+. The lowest BCUT2D eigenvalue weighted by atomic mass is 9.69. The summed E-state index contributed by atoms with van der Waals surface area (Å²) in [5.74, 6) is -1.70. The van der Waals surface area contributed by atoms with Crippen LogP contribution in [0.3, 0.4) is 0 Å². The third-order valence-corrected chi connectivity index (χ3v) is 7.02. The van der Waals surface area contributed by atoms with Crippen LogP contribution in [0.1, 0.15) is 71.1 Å². The third-order valence-electron chi connectivity index (χ3n) is 7.02. The van der Waals surface area contributed by atoms with Crippen molar-refractivity contribution in [3.8, 4) is 11.5 Å². The molecule has 2 saturated carbocycles. The molecule has 0 spiro atoms. The topological polar surface area (TPSA) is 35.5 Å². The highest BCUT2D eigenvalue weighted by Gasteiger charge is 2.33. The fourth-order valence-corrected chi connectivity index (χ4v) is 5.17. The Morgan fingerprint density at radius 1 is 0.969 bits per heavy atom. The van der Waals surface area contributed by atoms with Gasteiger partial charge in [-0.15, -0.1) is 0 Å². The molecule has 32 heavy (non-hydrogen) atoms. The van der Waals surface area contributed by atoms with Gasteiger partial charge in [0.25, 0.3) is 0 Å².